The molecule has 0 aromatic carbocycles. The summed E-state index contributed by atoms with van der Waals surface area (Å²) in [5.74, 6) is 0. The Hall–Kier alpha value is -1.27. The fourth-order valence-corrected chi connectivity index (χ4v) is 3.21. The van der Waals surface area contributed by atoms with E-state index in [-0.39, 0.29) is 19.3 Å². The van der Waals surface area contributed by atoms with E-state index < -0.39 is 36.6 Å². The van der Waals surface area contributed by atoms with Crippen LogP contribution in [0.15, 0.2) is 0 Å². The summed E-state index contributed by atoms with van der Waals surface area (Å²) in [7, 11) is 0. The number of hydrogen-bond donors (Lipinski definition) is 2. The molecule has 0 aromatic heterocycles. The lowest BCUT2D eigenvalue weighted by molar-refractivity contribution is -0.308. The van der Waals surface area contributed by atoms with Crippen LogP contribution in [0.2, 0.25) is 0 Å². The second kappa shape index (κ2) is 8.82. The zero-order chi connectivity index (χ0) is 20.2. The molecule has 12 heteroatoms. The van der Waals surface area contributed by atoms with Gasteiger partial charge in [-0.2, -0.15) is 26.3 Å². The zero-order valence-corrected chi connectivity index (χ0v) is 14.5. The highest BCUT2D eigenvalue weighted by Crippen LogP contribution is 2.36. The third-order valence-corrected chi connectivity index (χ3v) is 4.67. The molecular weight excluding hydrogens is 384 g/mol. The third kappa shape index (κ3) is 6.11. The van der Waals surface area contributed by atoms with Crippen molar-refractivity contribution in [3.63, 3.8) is 0 Å². The molecule has 1 amide bonds. The normalized spacial score (nSPS) is 25.7. The number of amides is 1. The zero-order valence-electron chi connectivity index (χ0n) is 14.5. The van der Waals surface area contributed by atoms with Crippen molar-refractivity contribution < 1.29 is 40.6 Å². The molecular formula is C15H23F6N3O3. The first-order valence-electron chi connectivity index (χ1n) is 8.68. The van der Waals surface area contributed by atoms with Crippen molar-refractivity contribution in [2.75, 3.05) is 26.2 Å². The van der Waals surface area contributed by atoms with Crippen molar-refractivity contribution in [2.45, 2.75) is 62.3 Å². The van der Waals surface area contributed by atoms with Gasteiger partial charge in [0.1, 0.15) is 0 Å². The number of halogens is 6. The molecule has 0 saturated carbocycles. The Morgan fingerprint density at radius 2 is 1.70 bits per heavy atom. The van der Waals surface area contributed by atoms with Gasteiger partial charge in [0.25, 0.3) is 6.10 Å². The minimum Gasteiger partial charge on any atom is -0.426 e. The van der Waals surface area contributed by atoms with Crippen LogP contribution < -0.4 is 11.1 Å². The van der Waals surface area contributed by atoms with Gasteiger partial charge in [-0.3, -0.25) is 0 Å². The molecule has 2 rings (SSSR count). The van der Waals surface area contributed by atoms with Gasteiger partial charge in [-0.1, -0.05) is 0 Å². The Balaban J connectivity index is 2.03. The Labute approximate surface area is 152 Å². The van der Waals surface area contributed by atoms with Crippen LogP contribution in [0.25, 0.3) is 0 Å². The lowest BCUT2D eigenvalue weighted by Gasteiger charge is -2.40. The van der Waals surface area contributed by atoms with Crippen molar-refractivity contribution in [1.82, 2.24) is 10.2 Å². The maximum atomic E-state index is 12.6. The molecule has 2 heterocycles. The maximum Gasteiger partial charge on any atom is 0.434 e. The monoisotopic (exact) mass is 407 g/mol. The lowest BCUT2D eigenvalue weighted by Crippen LogP contribution is -2.58. The largest absolute Gasteiger partial charge is 0.434 e. The number of piperidine rings is 2. The molecule has 2 saturated heterocycles. The van der Waals surface area contributed by atoms with Gasteiger partial charge in [0.15, 0.2) is 0 Å². The van der Waals surface area contributed by atoms with Crippen LogP contribution >= 0.6 is 0 Å². The van der Waals surface area contributed by atoms with E-state index in [4.69, 9.17) is 10.5 Å². The van der Waals surface area contributed by atoms with Crippen molar-refractivity contribution in [3.8, 4) is 0 Å². The molecule has 2 aliphatic heterocycles. The molecule has 2 fully saturated rings. The molecule has 0 spiro atoms. The molecule has 0 aromatic rings. The van der Waals surface area contributed by atoms with Crippen LogP contribution in [0.1, 0.15) is 25.7 Å². The summed E-state index contributed by atoms with van der Waals surface area (Å²) in [4.78, 5) is 12.9. The number of likely N-dealkylation sites (tertiary alicyclic amines) is 1. The third-order valence-electron chi connectivity index (χ3n) is 4.67. The molecule has 158 valence electrons. The van der Waals surface area contributed by atoms with Crippen molar-refractivity contribution >= 4 is 6.09 Å². The van der Waals surface area contributed by atoms with E-state index in [1.165, 1.54) is 0 Å². The number of ether oxygens (including phenoxy) is 2. The van der Waals surface area contributed by atoms with E-state index >= 15 is 0 Å². The van der Waals surface area contributed by atoms with Gasteiger partial charge in [-0.25, -0.2) is 4.79 Å². The van der Waals surface area contributed by atoms with Crippen LogP contribution in [0.3, 0.4) is 0 Å². The first-order valence-corrected chi connectivity index (χ1v) is 8.68. The first-order chi connectivity index (χ1) is 12.5. The smallest absolute Gasteiger partial charge is 0.426 e. The molecule has 3 N–H and O–H groups in total. The van der Waals surface area contributed by atoms with E-state index in [1.54, 1.807) is 0 Å². The Morgan fingerprint density at radius 3 is 2.26 bits per heavy atom. The van der Waals surface area contributed by atoms with Gasteiger partial charge in [0.2, 0.25) is 0 Å². The van der Waals surface area contributed by atoms with E-state index in [2.05, 4.69) is 10.1 Å². The highest BCUT2D eigenvalue weighted by Gasteiger charge is 2.60. The van der Waals surface area contributed by atoms with E-state index in [1.807, 2.05) is 0 Å². The average Bonchev–Trinajstić information content (AvgIpc) is 2.57. The highest BCUT2D eigenvalue weighted by molar-refractivity contribution is 5.68. The molecule has 0 aliphatic carbocycles. The van der Waals surface area contributed by atoms with Crippen LogP contribution in [0, 0.1) is 0 Å². The fraction of sp³-hybridized carbons (Fsp3) is 0.933. The molecule has 0 radical (unpaired) electrons. The second-order valence-corrected chi connectivity index (χ2v) is 6.70. The number of hydrogen-bond acceptors (Lipinski definition) is 5. The topological polar surface area (TPSA) is 76.8 Å². The quantitative estimate of drug-likeness (QED) is 0.699. The summed E-state index contributed by atoms with van der Waals surface area (Å²) in [6.07, 6.45) is -15.2. The molecule has 0 bridgehead atoms. The Bertz CT molecular complexity index is 482. The number of carbonyl (C=O) groups is 1. The SMILES string of the molecule is NC1CCCN(C(=O)OC(C(F)(F)F)C(F)(F)F)[C@H]1COC1CCNCC1. The number of rotatable bonds is 4. The summed E-state index contributed by atoms with van der Waals surface area (Å²) < 4.78 is 85.3. The predicted octanol–water partition coefficient (Wildman–Crippen LogP) is 2.18. The minimum atomic E-state index is -5.76. The number of carbonyl (C=O) groups excluding carboxylic acids is 1. The van der Waals surface area contributed by atoms with Crippen LogP contribution in [0.4, 0.5) is 31.1 Å². The Kier molecular flexibility index (Phi) is 7.20. The molecule has 2 atom stereocenters. The fourth-order valence-electron chi connectivity index (χ4n) is 3.21. The molecule has 2 aliphatic rings. The first kappa shape index (κ1) is 22.0. The van der Waals surface area contributed by atoms with E-state index in [0.29, 0.717) is 12.8 Å². The number of nitrogens with one attached hydrogen (secondary N) is 1. The van der Waals surface area contributed by atoms with Crippen molar-refractivity contribution in [3.05, 3.63) is 0 Å². The lowest BCUT2D eigenvalue weighted by atomic mass is 9.98. The number of nitrogens with two attached hydrogens (primary N) is 1. The van der Waals surface area contributed by atoms with Gasteiger partial charge in [-0.05, 0) is 38.8 Å². The second-order valence-electron chi connectivity index (χ2n) is 6.70. The summed E-state index contributed by atoms with van der Waals surface area (Å²) in [5, 5.41) is 3.14. The van der Waals surface area contributed by atoms with Crippen LogP contribution in [-0.2, 0) is 9.47 Å². The van der Waals surface area contributed by atoms with Crippen molar-refractivity contribution in [1.29, 1.82) is 0 Å². The van der Waals surface area contributed by atoms with Crippen LogP contribution in [-0.4, -0.2) is 73.9 Å². The highest BCUT2D eigenvalue weighted by atomic mass is 19.4. The summed E-state index contributed by atoms with van der Waals surface area (Å²) in [5.41, 5.74) is 5.94. The summed E-state index contributed by atoms with van der Waals surface area (Å²) in [6, 6.07) is -1.47. The van der Waals surface area contributed by atoms with Gasteiger partial charge < -0.3 is 25.4 Å². The van der Waals surface area contributed by atoms with Gasteiger partial charge >= 0.3 is 18.4 Å². The molecule has 27 heavy (non-hydrogen) atoms. The number of nitrogens with zero attached hydrogens (tertiary/aromatic N) is 1. The van der Waals surface area contributed by atoms with Gasteiger partial charge in [0, 0.05) is 12.6 Å². The molecule has 1 unspecified atom stereocenters. The van der Waals surface area contributed by atoms with Gasteiger partial charge in [0.05, 0.1) is 18.8 Å². The standard InChI is InChI=1S/C15H23F6N3O3/c16-14(17,18)12(15(19,20)21)27-13(25)24-7-1-2-10(22)11(24)8-26-9-3-5-23-6-4-9/h9-12,23H,1-8,22H2/t10?,11-/m0/s1. The van der Waals surface area contributed by atoms with E-state index in [9.17, 15) is 31.1 Å². The Morgan fingerprint density at radius 1 is 1.11 bits per heavy atom. The van der Waals surface area contributed by atoms with Crippen molar-refractivity contribution in [2.24, 2.45) is 5.73 Å². The molecule has 6 nitrogen and oxygen atoms in total. The summed E-state index contributed by atoms with van der Waals surface area (Å²) >= 11 is 0. The minimum absolute atomic E-state index is 0.0464. The average molecular weight is 407 g/mol. The predicted molar refractivity (Wildman–Crippen MR) is 81.9 cm³/mol. The van der Waals surface area contributed by atoms with Gasteiger partial charge in [-0.15, -0.1) is 0 Å². The van der Waals surface area contributed by atoms with Crippen LogP contribution in [0.5, 0.6) is 0 Å². The maximum absolute atomic E-state index is 12.6. The summed E-state index contributed by atoms with van der Waals surface area (Å²) in [6.45, 7) is 1.37. The number of alkyl halides is 6. The van der Waals surface area contributed by atoms with E-state index in [0.717, 1.165) is 30.8 Å².